The maximum Gasteiger partial charge on any atom is 0.134 e. The molecule has 6 rings (SSSR count). The number of fused-ring (bicyclic) bond motifs is 8. The molecule has 154 valence electrons. The Morgan fingerprint density at radius 2 is 1.09 bits per heavy atom. The molecule has 0 aliphatic carbocycles. The number of aromatic nitrogens is 4. The molecule has 0 fully saturated rings. The predicted octanol–water partition coefficient (Wildman–Crippen LogP) is 6.60. The van der Waals surface area contributed by atoms with Crippen LogP contribution < -0.4 is 0 Å². The van der Waals surface area contributed by atoms with Crippen LogP contribution in [0.2, 0.25) is 0 Å². The average molecular weight is 422 g/mol. The normalized spacial score (nSPS) is 12.4. The molecule has 8 bridgehead atoms. The van der Waals surface area contributed by atoms with E-state index in [0.717, 1.165) is 28.1 Å². The summed E-state index contributed by atoms with van der Waals surface area (Å²) in [7, 11) is 0. The second-order valence-electron chi connectivity index (χ2n) is 7.68. The Bertz CT molecular complexity index is 1590. The summed E-state index contributed by atoms with van der Waals surface area (Å²) in [5.74, 6) is -1.24. The second kappa shape index (κ2) is 7.13. The van der Waals surface area contributed by atoms with Crippen molar-refractivity contribution in [3.8, 4) is 11.1 Å². The quantitative estimate of drug-likeness (QED) is 0.314. The largest absolute Gasteiger partial charge is 0.355 e. The van der Waals surface area contributed by atoms with Gasteiger partial charge in [-0.15, -0.1) is 0 Å². The first kappa shape index (κ1) is 18.4. The first-order valence-electron chi connectivity index (χ1n) is 10.1. The molecule has 0 saturated carbocycles. The van der Waals surface area contributed by atoms with Gasteiger partial charge in [-0.3, -0.25) is 0 Å². The fourth-order valence-electron chi connectivity index (χ4n) is 3.98. The summed E-state index contributed by atoms with van der Waals surface area (Å²) in [4.78, 5) is 15.9. The maximum absolute atomic E-state index is 14.6. The molecule has 0 amide bonds. The van der Waals surface area contributed by atoms with E-state index >= 15 is 0 Å². The number of rotatable bonds is 1. The Labute approximate surface area is 181 Å². The predicted molar refractivity (Wildman–Crippen MR) is 124 cm³/mol. The van der Waals surface area contributed by atoms with Gasteiger partial charge in [0, 0.05) is 27.6 Å². The van der Waals surface area contributed by atoms with Gasteiger partial charge in [0.05, 0.1) is 28.3 Å². The van der Waals surface area contributed by atoms with E-state index in [-0.39, 0.29) is 5.56 Å². The first-order valence-corrected chi connectivity index (χ1v) is 10.1. The minimum absolute atomic E-state index is 0.0750. The molecule has 4 aromatic rings. The number of hydrogen-bond donors (Lipinski definition) is 2. The van der Waals surface area contributed by atoms with Gasteiger partial charge in [0.25, 0.3) is 0 Å². The number of halogens is 2. The van der Waals surface area contributed by atoms with E-state index in [4.69, 9.17) is 0 Å². The standard InChI is InChI=1S/C26H16F2N4/c27-23-2-1-3-24(28)26(23)22-13-21-12-19-7-6-17(30-19)10-15-4-5-16(29-15)11-18-8-9-20(31-18)14-25(22)32-21/h1-14,29,32H. The van der Waals surface area contributed by atoms with Crippen molar-refractivity contribution in [1.29, 1.82) is 0 Å². The van der Waals surface area contributed by atoms with Crippen LogP contribution >= 0.6 is 0 Å². The molecule has 3 aromatic heterocycles. The minimum atomic E-state index is -0.619. The van der Waals surface area contributed by atoms with E-state index in [1.807, 2.05) is 54.6 Å². The molecule has 32 heavy (non-hydrogen) atoms. The Morgan fingerprint density at radius 1 is 0.562 bits per heavy atom. The molecule has 5 heterocycles. The van der Waals surface area contributed by atoms with E-state index < -0.39 is 11.6 Å². The van der Waals surface area contributed by atoms with Gasteiger partial charge < -0.3 is 9.97 Å². The Morgan fingerprint density at radius 3 is 1.69 bits per heavy atom. The number of benzene rings is 1. The molecule has 1 aromatic carbocycles. The summed E-state index contributed by atoms with van der Waals surface area (Å²) in [5, 5.41) is 0. The van der Waals surface area contributed by atoms with Crippen LogP contribution in [0.4, 0.5) is 8.78 Å². The van der Waals surface area contributed by atoms with Gasteiger partial charge in [-0.25, -0.2) is 18.7 Å². The fourth-order valence-corrected chi connectivity index (χ4v) is 3.98. The van der Waals surface area contributed by atoms with Crippen LogP contribution in [-0.2, 0) is 0 Å². The van der Waals surface area contributed by atoms with Gasteiger partial charge in [-0.05, 0) is 78.9 Å². The molecule has 4 nitrogen and oxygen atoms in total. The molecule has 0 atom stereocenters. The van der Waals surface area contributed by atoms with Crippen molar-refractivity contribution in [2.75, 3.05) is 0 Å². The van der Waals surface area contributed by atoms with Crippen molar-refractivity contribution >= 4 is 46.4 Å². The van der Waals surface area contributed by atoms with E-state index in [9.17, 15) is 8.78 Å². The van der Waals surface area contributed by atoms with E-state index in [1.54, 1.807) is 12.1 Å². The van der Waals surface area contributed by atoms with E-state index in [1.165, 1.54) is 18.2 Å². The number of H-pyrrole nitrogens is 2. The summed E-state index contributed by atoms with van der Waals surface area (Å²) in [6.07, 6.45) is 7.60. The smallest absolute Gasteiger partial charge is 0.134 e. The topological polar surface area (TPSA) is 57.4 Å². The van der Waals surface area contributed by atoms with Gasteiger partial charge in [-0.1, -0.05) is 6.07 Å². The minimum Gasteiger partial charge on any atom is -0.355 e. The van der Waals surface area contributed by atoms with Crippen LogP contribution in [0.15, 0.2) is 60.7 Å². The van der Waals surface area contributed by atoms with Gasteiger partial charge in [0.1, 0.15) is 11.6 Å². The van der Waals surface area contributed by atoms with Crippen molar-refractivity contribution in [1.82, 2.24) is 19.9 Å². The highest BCUT2D eigenvalue weighted by molar-refractivity contribution is 5.88. The maximum atomic E-state index is 14.6. The summed E-state index contributed by atoms with van der Waals surface area (Å²) in [6, 6.07) is 17.1. The second-order valence-corrected chi connectivity index (χ2v) is 7.68. The summed E-state index contributed by atoms with van der Waals surface area (Å²) in [5.41, 5.74) is 6.47. The van der Waals surface area contributed by atoms with Crippen molar-refractivity contribution in [2.24, 2.45) is 0 Å². The molecule has 2 aliphatic heterocycles. The molecule has 0 radical (unpaired) electrons. The molecular weight excluding hydrogens is 406 g/mol. The molecule has 0 saturated heterocycles. The number of nitrogens with one attached hydrogen (secondary N) is 2. The zero-order chi connectivity index (χ0) is 21.7. The van der Waals surface area contributed by atoms with Crippen LogP contribution in [0.5, 0.6) is 0 Å². The molecule has 2 N–H and O–H groups in total. The number of hydrogen-bond acceptors (Lipinski definition) is 2. The zero-order valence-corrected chi connectivity index (χ0v) is 16.7. The highest BCUT2D eigenvalue weighted by atomic mass is 19.1. The average Bonchev–Trinajstić information content (AvgIpc) is 3.54. The van der Waals surface area contributed by atoms with E-state index in [2.05, 4.69) is 19.9 Å². The summed E-state index contributed by atoms with van der Waals surface area (Å²) >= 11 is 0. The van der Waals surface area contributed by atoms with Crippen LogP contribution in [0.1, 0.15) is 22.8 Å². The van der Waals surface area contributed by atoms with Crippen LogP contribution in [0.25, 0.3) is 57.5 Å². The van der Waals surface area contributed by atoms with Crippen molar-refractivity contribution in [3.05, 3.63) is 95.1 Å². The van der Waals surface area contributed by atoms with Crippen LogP contribution in [0.3, 0.4) is 0 Å². The molecule has 6 heteroatoms. The third-order valence-electron chi connectivity index (χ3n) is 5.40. The SMILES string of the molecule is Fc1cccc(F)c1-c1cc2cc3nc(cc4ccc(cc5nc(cc1[nH]2)C=C5)[nH]4)C=C3. The third-order valence-corrected chi connectivity index (χ3v) is 5.40. The van der Waals surface area contributed by atoms with Gasteiger partial charge in [0.2, 0.25) is 0 Å². The Balaban J connectivity index is 1.70. The Hall–Kier alpha value is -4.32. The number of aromatic amines is 2. The van der Waals surface area contributed by atoms with Gasteiger partial charge in [0.15, 0.2) is 0 Å². The first-order chi connectivity index (χ1) is 15.6. The highest BCUT2D eigenvalue weighted by Gasteiger charge is 2.15. The summed E-state index contributed by atoms with van der Waals surface area (Å²) < 4.78 is 29.2. The third kappa shape index (κ3) is 3.32. The van der Waals surface area contributed by atoms with E-state index in [0.29, 0.717) is 22.3 Å². The molecule has 0 spiro atoms. The molecule has 0 unspecified atom stereocenters. The van der Waals surface area contributed by atoms with Crippen molar-refractivity contribution < 1.29 is 8.78 Å². The Kier molecular flexibility index (Phi) is 4.11. The van der Waals surface area contributed by atoms with Crippen LogP contribution in [-0.4, -0.2) is 19.9 Å². The molecular formula is C26H16F2N4. The summed E-state index contributed by atoms with van der Waals surface area (Å²) in [6.45, 7) is 0. The lowest BCUT2D eigenvalue weighted by molar-refractivity contribution is 0.590. The fraction of sp³-hybridized carbons (Fsp3) is 0. The van der Waals surface area contributed by atoms with Crippen molar-refractivity contribution in [2.45, 2.75) is 0 Å². The lowest BCUT2D eigenvalue weighted by atomic mass is 10.1. The molecule has 2 aliphatic rings. The zero-order valence-electron chi connectivity index (χ0n) is 16.7. The number of nitrogens with zero attached hydrogens (tertiary/aromatic N) is 2. The highest BCUT2D eigenvalue weighted by Crippen LogP contribution is 2.31. The van der Waals surface area contributed by atoms with Gasteiger partial charge in [-0.2, -0.15) is 0 Å². The monoisotopic (exact) mass is 422 g/mol. The van der Waals surface area contributed by atoms with Gasteiger partial charge >= 0.3 is 0 Å². The van der Waals surface area contributed by atoms with Crippen LogP contribution in [0, 0.1) is 11.6 Å². The lowest BCUT2D eigenvalue weighted by Gasteiger charge is -2.02. The van der Waals surface area contributed by atoms with Crippen molar-refractivity contribution in [3.63, 3.8) is 0 Å². The lowest BCUT2D eigenvalue weighted by Crippen LogP contribution is -1.88.